The van der Waals surface area contributed by atoms with Crippen molar-refractivity contribution in [2.45, 2.75) is 6.92 Å². The molecule has 2 rings (SSSR count). The van der Waals surface area contributed by atoms with Gasteiger partial charge in [-0.05, 0) is 31.2 Å². The molecule has 0 aliphatic heterocycles. The number of nitrogens with zero attached hydrogens (tertiary/aromatic N) is 1. The topological polar surface area (TPSA) is 39.2 Å². The molecule has 3 nitrogen and oxygen atoms in total. The number of carbonyl (C=O) groups excluding carboxylic acids is 1. The zero-order valence-corrected chi connectivity index (χ0v) is 9.99. The third kappa shape index (κ3) is 2.45. The molecule has 0 spiro atoms. The lowest BCUT2D eigenvalue weighted by atomic mass is 10.2. The van der Waals surface area contributed by atoms with E-state index < -0.39 is 5.97 Å². The van der Waals surface area contributed by atoms with Crippen molar-refractivity contribution >= 4 is 28.5 Å². The van der Waals surface area contributed by atoms with E-state index in [1.807, 2.05) is 0 Å². The average molecular weight is 248 g/mol. The zero-order valence-electron chi connectivity index (χ0n) is 9.24. The van der Waals surface area contributed by atoms with Gasteiger partial charge in [0, 0.05) is 22.2 Å². The molecule has 0 bridgehead atoms. The summed E-state index contributed by atoms with van der Waals surface area (Å²) in [6.07, 6.45) is 1.57. The van der Waals surface area contributed by atoms with Crippen molar-refractivity contribution in [2.24, 2.45) is 0 Å². The molecule has 17 heavy (non-hydrogen) atoms. The second-order valence-corrected chi connectivity index (χ2v) is 4.08. The molecule has 0 saturated heterocycles. The third-order valence-corrected chi connectivity index (χ3v) is 2.45. The van der Waals surface area contributed by atoms with E-state index in [1.165, 1.54) is 0 Å². The number of aromatic nitrogens is 1. The van der Waals surface area contributed by atoms with Crippen molar-refractivity contribution in [1.29, 1.82) is 0 Å². The number of benzene rings is 1. The van der Waals surface area contributed by atoms with Gasteiger partial charge in [-0.2, -0.15) is 0 Å². The minimum absolute atomic E-state index is 0.351. The van der Waals surface area contributed by atoms with Crippen molar-refractivity contribution < 1.29 is 9.53 Å². The zero-order chi connectivity index (χ0) is 12.4. The summed E-state index contributed by atoms with van der Waals surface area (Å²) in [7, 11) is 0. The number of fused-ring (bicyclic) bond motifs is 1. The van der Waals surface area contributed by atoms with E-state index in [-0.39, 0.29) is 0 Å². The third-order valence-electron chi connectivity index (χ3n) is 2.22. The Morgan fingerprint density at radius 2 is 2.18 bits per heavy atom. The lowest BCUT2D eigenvalue weighted by molar-refractivity contribution is -0.129. The van der Waals surface area contributed by atoms with Crippen LogP contribution in [0.15, 0.2) is 42.6 Å². The molecule has 0 fully saturated rings. The minimum Gasteiger partial charge on any atom is -0.422 e. The maximum absolute atomic E-state index is 11.5. The predicted octanol–water partition coefficient (Wildman–Crippen LogP) is 3.37. The molecule has 1 aromatic heterocycles. The SMILES string of the molecule is C=C(C)C(=O)Oc1ccnc2cc(Cl)ccc12. The van der Waals surface area contributed by atoms with Crippen molar-refractivity contribution in [3.8, 4) is 5.75 Å². The van der Waals surface area contributed by atoms with E-state index >= 15 is 0 Å². The van der Waals surface area contributed by atoms with Crippen LogP contribution < -0.4 is 4.74 Å². The molecule has 0 unspecified atom stereocenters. The lowest BCUT2D eigenvalue weighted by Gasteiger charge is -2.06. The second-order valence-electron chi connectivity index (χ2n) is 3.64. The van der Waals surface area contributed by atoms with Crippen LogP contribution in [0.25, 0.3) is 10.9 Å². The fraction of sp³-hybridized carbons (Fsp3) is 0.0769. The highest BCUT2D eigenvalue weighted by atomic mass is 35.5. The number of halogens is 1. The predicted molar refractivity (Wildman–Crippen MR) is 67.2 cm³/mol. The fourth-order valence-electron chi connectivity index (χ4n) is 1.37. The summed E-state index contributed by atoms with van der Waals surface area (Å²) in [6, 6.07) is 6.85. The first kappa shape index (κ1) is 11.6. The Morgan fingerprint density at radius 1 is 1.41 bits per heavy atom. The highest BCUT2D eigenvalue weighted by Gasteiger charge is 2.09. The van der Waals surface area contributed by atoms with Gasteiger partial charge in [-0.3, -0.25) is 4.98 Å². The van der Waals surface area contributed by atoms with E-state index in [0.29, 0.717) is 21.9 Å². The van der Waals surface area contributed by atoms with E-state index in [4.69, 9.17) is 16.3 Å². The monoisotopic (exact) mass is 247 g/mol. The molecule has 1 heterocycles. The van der Waals surface area contributed by atoms with Crippen LogP contribution >= 0.6 is 11.6 Å². The Hall–Kier alpha value is -1.87. The van der Waals surface area contributed by atoms with Gasteiger partial charge in [0.1, 0.15) is 5.75 Å². The Labute approximate surface area is 104 Å². The molecule has 1 aromatic carbocycles. The molecule has 0 aliphatic carbocycles. The molecular formula is C13H10ClNO2. The van der Waals surface area contributed by atoms with E-state index in [9.17, 15) is 4.79 Å². The number of hydrogen-bond donors (Lipinski definition) is 0. The summed E-state index contributed by atoms with van der Waals surface area (Å²) >= 11 is 5.87. The molecule has 0 saturated carbocycles. The quantitative estimate of drug-likeness (QED) is 0.603. The number of esters is 1. The maximum Gasteiger partial charge on any atom is 0.338 e. The van der Waals surface area contributed by atoms with Crippen LogP contribution in [0.3, 0.4) is 0 Å². The van der Waals surface area contributed by atoms with Gasteiger partial charge in [0.05, 0.1) is 5.52 Å². The summed E-state index contributed by atoms with van der Waals surface area (Å²) in [5, 5.41) is 1.33. The molecular weight excluding hydrogens is 238 g/mol. The normalized spacial score (nSPS) is 10.2. The summed E-state index contributed by atoms with van der Waals surface area (Å²) in [5.41, 5.74) is 1.04. The minimum atomic E-state index is -0.451. The summed E-state index contributed by atoms with van der Waals surface area (Å²) in [4.78, 5) is 15.6. The van der Waals surface area contributed by atoms with E-state index in [0.717, 1.165) is 5.39 Å². The van der Waals surface area contributed by atoms with Crippen LogP contribution in [0, 0.1) is 0 Å². The molecule has 0 amide bonds. The van der Waals surface area contributed by atoms with E-state index in [2.05, 4.69) is 11.6 Å². The van der Waals surface area contributed by atoms with Crippen LogP contribution in [-0.4, -0.2) is 11.0 Å². The molecule has 0 atom stereocenters. The maximum atomic E-state index is 11.5. The average Bonchev–Trinajstić information content (AvgIpc) is 2.28. The first-order valence-electron chi connectivity index (χ1n) is 5.00. The summed E-state index contributed by atoms with van der Waals surface area (Å²) in [6.45, 7) is 5.13. The number of rotatable bonds is 2. The van der Waals surface area contributed by atoms with Gasteiger partial charge in [-0.25, -0.2) is 4.79 Å². The van der Waals surface area contributed by atoms with Crippen molar-refractivity contribution in [3.63, 3.8) is 0 Å². The van der Waals surface area contributed by atoms with Gasteiger partial charge in [-0.15, -0.1) is 0 Å². The van der Waals surface area contributed by atoms with Crippen molar-refractivity contribution in [3.05, 3.63) is 47.6 Å². The van der Waals surface area contributed by atoms with Gasteiger partial charge < -0.3 is 4.74 Å². The Balaban J connectivity index is 2.48. The van der Waals surface area contributed by atoms with Gasteiger partial charge in [0.15, 0.2) is 0 Å². The summed E-state index contributed by atoms with van der Waals surface area (Å²) in [5.74, 6) is 0.00659. The van der Waals surface area contributed by atoms with Crippen LogP contribution in [0.5, 0.6) is 5.75 Å². The van der Waals surface area contributed by atoms with Crippen molar-refractivity contribution in [1.82, 2.24) is 4.98 Å². The van der Waals surface area contributed by atoms with Crippen LogP contribution in [0.4, 0.5) is 0 Å². The lowest BCUT2D eigenvalue weighted by Crippen LogP contribution is -2.08. The molecule has 4 heteroatoms. The molecule has 2 aromatic rings. The number of hydrogen-bond acceptors (Lipinski definition) is 3. The smallest absolute Gasteiger partial charge is 0.338 e. The first-order valence-corrected chi connectivity index (χ1v) is 5.37. The van der Waals surface area contributed by atoms with Gasteiger partial charge >= 0.3 is 5.97 Å². The standard InChI is InChI=1S/C13H10ClNO2/c1-8(2)13(16)17-12-5-6-15-11-7-9(14)3-4-10(11)12/h3-7H,1H2,2H3. The number of ether oxygens (including phenoxy) is 1. The largest absolute Gasteiger partial charge is 0.422 e. The van der Waals surface area contributed by atoms with E-state index in [1.54, 1.807) is 37.4 Å². The van der Waals surface area contributed by atoms with Gasteiger partial charge in [-0.1, -0.05) is 18.2 Å². The van der Waals surface area contributed by atoms with Crippen LogP contribution in [-0.2, 0) is 4.79 Å². The molecule has 0 radical (unpaired) electrons. The molecule has 86 valence electrons. The molecule has 0 aliphatic rings. The Morgan fingerprint density at radius 3 is 2.88 bits per heavy atom. The van der Waals surface area contributed by atoms with Crippen LogP contribution in [0.2, 0.25) is 5.02 Å². The van der Waals surface area contributed by atoms with Crippen LogP contribution in [0.1, 0.15) is 6.92 Å². The number of pyridine rings is 1. The second kappa shape index (κ2) is 4.55. The molecule has 0 N–H and O–H groups in total. The van der Waals surface area contributed by atoms with Gasteiger partial charge in [0.25, 0.3) is 0 Å². The summed E-state index contributed by atoms with van der Waals surface area (Å²) < 4.78 is 5.21. The Bertz CT molecular complexity index is 607. The van der Waals surface area contributed by atoms with Crippen molar-refractivity contribution in [2.75, 3.05) is 0 Å². The number of carbonyl (C=O) groups is 1. The fourth-order valence-corrected chi connectivity index (χ4v) is 1.54. The highest BCUT2D eigenvalue weighted by molar-refractivity contribution is 6.31. The Kier molecular flexibility index (Phi) is 3.11. The highest BCUT2D eigenvalue weighted by Crippen LogP contribution is 2.26. The first-order chi connectivity index (χ1) is 8.08. The van der Waals surface area contributed by atoms with Gasteiger partial charge in [0.2, 0.25) is 0 Å².